The Hall–Kier alpha value is -1.69. The molecule has 6 heteroatoms. The van der Waals surface area contributed by atoms with Gasteiger partial charge in [0.05, 0.1) is 12.6 Å². The summed E-state index contributed by atoms with van der Waals surface area (Å²) in [5, 5.41) is 9.45. The average molecular weight is 357 g/mol. The van der Waals surface area contributed by atoms with Crippen LogP contribution in [0.1, 0.15) is 67.5 Å². The minimum absolute atomic E-state index is 0.0246. The first-order chi connectivity index (χ1) is 12.6. The van der Waals surface area contributed by atoms with Crippen molar-refractivity contribution in [1.29, 1.82) is 0 Å². The lowest BCUT2D eigenvalue weighted by molar-refractivity contribution is -0.00955. The zero-order valence-corrected chi connectivity index (χ0v) is 15.1. The van der Waals surface area contributed by atoms with E-state index in [0.717, 1.165) is 55.7 Å². The topological polar surface area (TPSA) is 86.3 Å². The van der Waals surface area contributed by atoms with Crippen molar-refractivity contribution in [3.63, 3.8) is 0 Å². The third-order valence-electron chi connectivity index (χ3n) is 7.42. The van der Waals surface area contributed by atoms with Gasteiger partial charge in [-0.05, 0) is 69.1 Å². The number of carbonyl (C=O) groups excluding carboxylic acids is 1. The Morgan fingerprint density at radius 3 is 2.46 bits per heavy atom. The summed E-state index contributed by atoms with van der Waals surface area (Å²) in [4.78, 5) is 34.7. The van der Waals surface area contributed by atoms with E-state index >= 15 is 0 Å². The Morgan fingerprint density at radius 1 is 1.23 bits per heavy atom. The molecule has 0 spiro atoms. The lowest BCUT2D eigenvalue weighted by Crippen LogP contribution is -2.50. The molecule has 4 aliphatic carbocycles. The minimum Gasteiger partial charge on any atom is -0.394 e. The molecule has 4 saturated carbocycles. The van der Waals surface area contributed by atoms with Gasteiger partial charge >= 0.3 is 0 Å². The van der Waals surface area contributed by atoms with Crippen LogP contribution in [-0.4, -0.2) is 45.1 Å². The van der Waals surface area contributed by atoms with Crippen LogP contribution in [0.4, 0.5) is 0 Å². The summed E-state index contributed by atoms with van der Waals surface area (Å²) < 4.78 is 0. The van der Waals surface area contributed by atoms with Crippen LogP contribution < -0.4 is 5.56 Å². The molecule has 6 nitrogen and oxygen atoms in total. The van der Waals surface area contributed by atoms with Gasteiger partial charge in [0.2, 0.25) is 0 Å². The molecule has 26 heavy (non-hydrogen) atoms. The summed E-state index contributed by atoms with van der Waals surface area (Å²) in [6, 6.07) is -0.176. The SMILES string of the molecule is O=C(c1cnc(C23CC4CC(CC(C4)C2)C3)[nH]c1=O)N1CCC[C@H]1CO. The molecular weight excluding hydrogens is 330 g/mol. The number of aliphatic hydroxyl groups is 1. The normalized spacial score (nSPS) is 38.1. The van der Waals surface area contributed by atoms with Gasteiger partial charge in [0.1, 0.15) is 11.4 Å². The fourth-order valence-corrected chi connectivity index (χ4v) is 6.66. The van der Waals surface area contributed by atoms with Gasteiger partial charge in [-0.15, -0.1) is 0 Å². The number of hydrogen-bond acceptors (Lipinski definition) is 4. The van der Waals surface area contributed by atoms with Crippen molar-refractivity contribution >= 4 is 5.91 Å². The number of likely N-dealkylation sites (tertiary alicyclic amines) is 1. The third kappa shape index (κ3) is 2.45. The maximum atomic E-state index is 12.8. The molecule has 5 aliphatic rings. The number of H-pyrrole nitrogens is 1. The number of aromatic amines is 1. The van der Waals surface area contributed by atoms with Crippen LogP contribution in [-0.2, 0) is 5.41 Å². The quantitative estimate of drug-likeness (QED) is 0.864. The molecule has 0 unspecified atom stereocenters. The van der Waals surface area contributed by atoms with E-state index in [4.69, 9.17) is 0 Å². The van der Waals surface area contributed by atoms with Gasteiger partial charge in [0.25, 0.3) is 11.5 Å². The van der Waals surface area contributed by atoms with E-state index in [-0.39, 0.29) is 35.1 Å². The van der Waals surface area contributed by atoms with E-state index < -0.39 is 0 Å². The van der Waals surface area contributed by atoms with Crippen LogP contribution in [0.25, 0.3) is 0 Å². The molecule has 1 amide bonds. The number of rotatable bonds is 3. The molecular formula is C20H27N3O3. The molecule has 1 aromatic heterocycles. The minimum atomic E-state index is -0.320. The molecule has 2 N–H and O–H groups in total. The molecule has 2 heterocycles. The van der Waals surface area contributed by atoms with Gasteiger partial charge in [-0.25, -0.2) is 4.98 Å². The Balaban J connectivity index is 1.44. The molecule has 0 aromatic carbocycles. The first-order valence-corrected chi connectivity index (χ1v) is 10.1. The van der Waals surface area contributed by atoms with E-state index in [2.05, 4.69) is 9.97 Å². The second kappa shape index (κ2) is 5.91. The van der Waals surface area contributed by atoms with Gasteiger partial charge in [-0.2, -0.15) is 0 Å². The van der Waals surface area contributed by atoms with Crippen LogP contribution in [0.3, 0.4) is 0 Å². The maximum Gasteiger partial charge on any atom is 0.263 e. The van der Waals surface area contributed by atoms with Crippen LogP contribution in [0.5, 0.6) is 0 Å². The summed E-state index contributed by atoms with van der Waals surface area (Å²) in [6.07, 6.45) is 10.6. The summed E-state index contributed by atoms with van der Waals surface area (Å²) in [7, 11) is 0. The summed E-state index contributed by atoms with van der Waals surface area (Å²) >= 11 is 0. The standard InChI is InChI=1S/C20H27N3O3/c24-11-15-2-1-3-23(15)18(26)16-10-21-19(22-17(16)25)20-7-12-4-13(8-20)6-14(5-12)9-20/h10,12-15,24H,1-9,11H2,(H,21,22,25)/t12?,13?,14?,15-,20?/m0/s1. The monoisotopic (exact) mass is 357 g/mol. The zero-order chi connectivity index (χ0) is 17.9. The number of nitrogens with zero attached hydrogens (tertiary/aromatic N) is 2. The Bertz CT molecular complexity index is 751. The number of hydrogen-bond donors (Lipinski definition) is 2. The highest BCUT2D eigenvalue weighted by Crippen LogP contribution is 2.59. The van der Waals surface area contributed by atoms with Crippen LogP contribution in [0, 0.1) is 17.8 Å². The highest BCUT2D eigenvalue weighted by atomic mass is 16.3. The number of carbonyl (C=O) groups is 1. The predicted octanol–water partition coefficient (Wildman–Crippen LogP) is 1.83. The lowest BCUT2D eigenvalue weighted by atomic mass is 9.49. The molecule has 140 valence electrons. The highest BCUT2D eigenvalue weighted by Gasteiger charge is 2.53. The van der Waals surface area contributed by atoms with Crippen molar-refractivity contribution in [1.82, 2.24) is 14.9 Å². The van der Waals surface area contributed by atoms with E-state index in [0.29, 0.717) is 6.54 Å². The summed E-state index contributed by atoms with van der Waals surface area (Å²) in [6.45, 7) is 0.544. The van der Waals surface area contributed by atoms with E-state index in [1.165, 1.54) is 25.5 Å². The van der Waals surface area contributed by atoms with Crippen molar-refractivity contribution < 1.29 is 9.90 Å². The van der Waals surface area contributed by atoms with Crippen molar-refractivity contribution in [2.75, 3.05) is 13.2 Å². The van der Waals surface area contributed by atoms with Crippen LogP contribution >= 0.6 is 0 Å². The van der Waals surface area contributed by atoms with Crippen molar-refractivity contribution in [2.45, 2.75) is 62.8 Å². The fourth-order valence-electron chi connectivity index (χ4n) is 6.66. The molecule has 1 aromatic rings. The van der Waals surface area contributed by atoms with Gasteiger partial charge < -0.3 is 15.0 Å². The molecule has 4 bridgehead atoms. The summed E-state index contributed by atoms with van der Waals surface area (Å²) in [5.74, 6) is 2.85. The molecule has 1 atom stereocenters. The maximum absolute atomic E-state index is 12.8. The smallest absolute Gasteiger partial charge is 0.263 e. The van der Waals surface area contributed by atoms with Crippen molar-refractivity contribution in [3.8, 4) is 0 Å². The second-order valence-corrected chi connectivity index (χ2v) is 9.15. The number of aliphatic hydroxyl groups excluding tert-OH is 1. The molecule has 6 rings (SSSR count). The zero-order valence-electron chi connectivity index (χ0n) is 15.1. The van der Waals surface area contributed by atoms with E-state index in [1.54, 1.807) is 4.90 Å². The molecule has 1 saturated heterocycles. The first kappa shape index (κ1) is 16.5. The molecule has 0 radical (unpaired) electrons. The average Bonchev–Trinajstić information content (AvgIpc) is 3.08. The Morgan fingerprint density at radius 2 is 1.88 bits per heavy atom. The Labute approximate surface area is 153 Å². The predicted molar refractivity (Wildman–Crippen MR) is 95.9 cm³/mol. The van der Waals surface area contributed by atoms with Crippen LogP contribution in [0.2, 0.25) is 0 Å². The first-order valence-electron chi connectivity index (χ1n) is 10.1. The molecule has 5 fully saturated rings. The second-order valence-electron chi connectivity index (χ2n) is 9.15. The molecule has 1 aliphatic heterocycles. The lowest BCUT2D eigenvalue weighted by Gasteiger charge is -2.56. The third-order valence-corrected chi connectivity index (χ3v) is 7.42. The Kier molecular flexibility index (Phi) is 3.75. The van der Waals surface area contributed by atoms with Gasteiger partial charge in [-0.1, -0.05) is 0 Å². The van der Waals surface area contributed by atoms with Crippen molar-refractivity contribution in [2.24, 2.45) is 17.8 Å². The van der Waals surface area contributed by atoms with E-state index in [9.17, 15) is 14.7 Å². The van der Waals surface area contributed by atoms with Crippen LogP contribution in [0.15, 0.2) is 11.0 Å². The highest BCUT2D eigenvalue weighted by molar-refractivity contribution is 5.94. The van der Waals surface area contributed by atoms with Crippen molar-refractivity contribution in [3.05, 3.63) is 27.9 Å². The summed E-state index contributed by atoms with van der Waals surface area (Å²) in [5.41, 5.74) is -0.185. The van der Waals surface area contributed by atoms with E-state index in [1.807, 2.05) is 0 Å². The fraction of sp³-hybridized carbons (Fsp3) is 0.750. The number of nitrogens with one attached hydrogen (secondary N) is 1. The largest absolute Gasteiger partial charge is 0.394 e. The number of amides is 1. The van der Waals surface area contributed by atoms with Gasteiger partial charge in [0, 0.05) is 18.2 Å². The van der Waals surface area contributed by atoms with Gasteiger partial charge in [0.15, 0.2) is 0 Å². The number of aromatic nitrogens is 2. The van der Waals surface area contributed by atoms with Gasteiger partial charge in [-0.3, -0.25) is 9.59 Å².